The first-order valence-electron chi connectivity index (χ1n) is 7.05. The maximum atomic E-state index is 13.9. The molecule has 0 spiro atoms. The predicted octanol–water partition coefficient (Wildman–Crippen LogP) is 4.28. The van der Waals surface area contributed by atoms with E-state index in [9.17, 15) is 9.18 Å². The molecule has 0 unspecified atom stereocenters. The molecular weight excluding hydrogens is 365 g/mol. The van der Waals surface area contributed by atoms with Gasteiger partial charge in [0.2, 0.25) is 0 Å². The second-order valence-electron chi connectivity index (χ2n) is 5.26. The zero-order chi connectivity index (χ0) is 16.4. The summed E-state index contributed by atoms with van der Waals surface area (Å²) in [5.41, 5.74) is -0.182. The molecule has 2 aromatic rings. The summed E-state index contributed by atoms with van der Waals surface area (Å²) in [6.07, 6.45) is -0.573. The lowest BCUT2D eigenvalue weighted by molar-refractivity contribution is 0.0305. The summed E-state index contributed by atoms with van der Waals surface area (Å²) in [5, 5.41) is 0. The molecule has 23 heavy (non-hydrogen) atoms. The SMILES string of the molecule is COc1ccccc1[C@@]1(CF)CN(c2ccc(Br)cc2)C(=O)O1. The lowest BCUT2D eigenvalue weighted by atomic mass is 9.94. The van der Waals surface area contributed by atoms with Crippen LogP contribution in [0.1, 0.15) is 5.56 Å². The van der Waals surface area contributed by atoms with Crippen LogP contribution in [0.2, 0.25) is 0 Å². The van der Waals surface area contributed by atoms with Gasteiger partial charge in [0.25, 0.3) is 0 Å². The monoisotopic (exact) mass is 379 g/mol. The van der Waals surface area contributed by atoms with E-state index in [0.717, 1.165) is 4.47 Å². The van der Waals surface area contributed by atoms with Crippen LogP contribution in [0.4, 0.5) is 14.9 Å². The number of carbonyl (C=O) groups excluding carboxylic acids is 1. The topological polar surface area (TPSA) is 38.8 Å². The quantitative estimate of drug-likeness (QED) is 0.795. The Hall–Kier alpha value is -2.08. The number of halogens is 2. The van der Waals surface area contributed by atoms with Crippen LogP contribution in [0, 0.1) is 0 Å². The third kappa shape index (κ3) is 2.79. The Morgan fingerprint density at radius 3 is 2.61 bits per heavy atom. The Bertz CT molecular complexity index is 722. The van der Waals surface area contributed by atoms with Crippen molar-refractivity contribution < 1.29 is 18.7 Å². The number of hydrogen-bond acceptors (Lipinski definition) is 3. The molecule has 120 valence electrons. The van der Waals surface area contributed by atoms with E-state index >= 15 is 0 Å². The molecule has 0 saturated carbocycles. The van der Waals surface area contributed by atoms with E-state index in [1.807, 2.05) is 12.1 Å². The average Bonchev–Trinajstić information content (AvgIpc) is 2.93. The van der Waals surface area contributed by atoms with Crippen molar-refractivity contribution in [2.45, 2.75) is 5.60 Å². The highest BCUT2D eigenvalue weighted by Crippen LogP contribution is 2.40. The van der Waals surface area contributed by atoms with Gasteiger partial charge in [0.05, 0.1) is 13.7 Å². The molecule has 0 N–H and O–H groups in total. The number of amides is 1. The molecule has 0 radical (unpaired) electrons. The predicted molar refractivity (Wildman–Crippen MR) is 88.6 cm³/mol. The van der Waals surface area contributed by atoms with E-state index in [1.54, 1.807) is 36.4 Å². The second-order valence-corrected chi connectivity index (χ2v) is 6.17. The highest BCUT2D eigenvalue weighted by Gasteiger charge is 2.49. The van der Waals surface area contributed by atoms with Gasteiger partial charge in [0.15, 0.2) is 5.60 Å². The third-order valence-corrected chi connectivity index (χ3v) is 4.40. The fraction of sp³-hybridized carbons (Fsp3) is 0.235. The number of alkyl halides is 1. The molecule has 0 aromatic heterocycles. The number of hydrogen-bond donors (Lipinski definition) is 0. The molecule has 4 nitrogen and oxygen atoms in total. The molecule has 1 amide bonds. The number of rotatable bonds is 4. The molecule has 2 aromatic carbocycles. The summed E-state index contributed by atoms with van der Waals surface area (Å²) in [6, 6.07) is 14.2. The molecular formula is C17H15BrFNO3. The number of benzene rings is 2. The smallest absolute Gasteiger partial charge is 0.415 e. The molecule has 0 bridgehead atoms. The van der Waals surface area contributed by atoms with Gasteiger partial charge in [-0.2, -0.15) is 0 Å². The lowest BCUT2D eigenvalue weighted by Gasteiger charge is -2.25. The molecule has 1 saturated heterocycles. The van der Waals surface area contributed by atoms with Gasteiger partial charge in [0, 0.05) is 15.7 Å². The Morgan fingerprint density at radius 1 is 1.26 bits per heavy atom. The van der Waals surface area contributed by atoms with E-state index in [-0.39, 0.29) is 6.54 Å². The lowest BCUT2D eigenvalue weighted by Crippen LogP contribution is -2.34. The minimum absolute atomic E-state index is 0.0876. The van der Waals surface area contributed by atoms with Gasteiger partial charge in [-0.1, -0.05) is 34.1 Å². The van der Waals surface area contributed by atoms with Gasteiger partial charge in [-0.15, -0.1) is 0 Å². The van der Waals surface area contributed by atoms with Crippen LogP contribution in [-0.2, 0) is 10.3 Å². The van der Waals surface area contributed by atoms with Gasteiger partial charge >= 0.3 is 6.09 Å². The van der Waals surface area contributed by atoms with Crippen molar-refractivity contribution in [1.29, 1.82) is 0 Å². The Labute approximate surface area is 141 Å². The van der Waals surface area contributed by atoms with Crippen molar-refractivity contribution in [1.82, 2.24) is 0 Å². The summed E-state index contributed by atoms with van der Waals surface area (Å²) < 4.78 is 25.6. The number of ether oxygens (including phenoxy) is 2. The summed E-state index contributed by atoms with van der Waals surface area (Å²) in [4.78, 5) is 13.7. The molecule has 1 fully saturated rings. The zero-order valence-electron chi connectivity index (χ0n) is 12.5. The van der Waals surface area contributed by atoms with E-state index in [4.69, 9.17) is 9.47 Å². The highest BCUT2D eigenvalue weighted by atomic mass is 79.9. The van der Waals surface area contributed by atoms with E-state index < -0.39 is 18.4 Å². The summed E-state index contributed by atoms with van der Waals surface area (Å²) in [5.74, 6) is 0.496. The van der Waals surface area contributed by atoms with Crippen LogP contribution in [0.25, 0.3) is 0 Å². The van der Waals surface area contributed by atoms with Crippen molar-refractivity contribution in [3.8, 4) is 5.75 Å². The van der Waals surface area contributed by atoms with Gasteiger partial charge < -0.3 is 9.47 Å². The molecule has 1 atom stereocenters. The molecule has 1 heterocycles. The summed E-state index contributed by atoms with van der Waals surface area (Å²) in [6.45, 7) is -0.740. The first kappa shape index (κ1) is 15.8. The first-order valence-corrected chi connectivity index (χ1v) is 7.84. The minimum atomic E-state index is -1.36. The van der Waals surface area contributed by atoms with Crippen molar-refractivity contribution in [3.63, 3.8) is 0 Å². The zero-order valence-corrected chi connectivity index (χ0v) is 14.0. The van der Waals surface area contributed by atoms with Crippen LogP contribution in [-0.4, -0.2) is 26.4 Å². The molecule has 0 aliphatic carbocycles. The molecule has 3 rings (SSSR count). The Morgan fingerprint density at radius 2 is 1.96 bits per heavy atom. The van der Waals surface area contributed by atoms with Gasteiger partial charge in [-0.3, -0.25) is 4.90 Å². The number of cyclic esters (lactones) is 1. The fourth-order valence-corrected chi connectivity index (χ4v) is 2.96. The van der Waals surface area contributed by atoms with Crippen molar-refractivity contribution in [2.75, 3.05) is 25.2 Å². The number of methoxy groups -OCH3 is 1. The fourth-order valence-electron chi connectivity index (χ4n) is 2.69. The molecule has 6 heteroatoms. The standard InChI is InChI=1S/C17H15BrFNO3/c1-22-15-5-3-2-4-14(15)17(10-19)11-20(16(21)23-17)13-8-6-12(18)7-9-13/h2-9H,10-11H2,1H3/t17-/m1/s1. The maximum absolute atomic E-state index is 13.9. The van der Waals surface area contributed by atoms with E-state index in [1.165, 1.54) is 12.0 Å². The number of nitrogens with zero attached hydrogens (tertiary/aromatic N) is 1. The normalized spacial score (nSPS) is 20.5. The highest BCUT2D eigenvalue weighted by molar-refractivity contribution is 9.10. The minimum Gasteiger partial charge on any atom is -0.496 e. The Kier molecular flexibility index (Phi) is 4.26. The van der Waals surface area contributed by atoms with Crippen LogP contribution in [0.3, 0.4) is 0 Å². The largest absolute Gasteiger partial charge is 0.496 e. The Balaban J connectivity index is 1.99. The first-order chi connectivity index (χ1) is 11.1. The summed E-state index contributed by atoms with van der Waals surface area (Å²) >= 11 is 3.35. The number of para-hydroxylation sites is 1. The van der Waals surface area contributed by atoms with Crippen molar-refractivity contribution >= 4 is 27.7 Å². The van der Waals surface area contributed by atoms with Gasteiger partial charge in [0.1, 0.15) is 12.4 Å². The van der Waals surface area contributed by atoms with E-state index in [0.29, 0.717) is 17.0 Å². The maximum Gasteiger partial charge on any atom is 0.415 e. The number of anilines is 1. The summed E-state index contributed by atoms with van der Waals surface area (Å²) in [7, 11) is 1.51. The molecule has 1 aliphatic heterocycles. The van der Waals surface area contributed by atoms with Crippen LogP contribution >= 0.6 is 15.9 Å². The average molecular weight is 380 g/mol. The van der Waals surface area contributed by atoms with Gasteiger partial charge in [-0.05, 0) is 30.3 Å². The van der Waals surface area contributed by atoms with E-state index in [2.05, 4.69) is 15.9 Å². The third-order valence-electron chi connectivity index (χ3n) is 3.87. The molecule has 1 aliphatic rings. The van der Waals surface area contributed by atoms with Crippen LogP contribution in [0.5, 0.6) is 5.75 Å². The number of carbonyl (C=O) groups is 1. The van der Waals surface area contributed by atoms with Crippen LogP contribution in [0.15, 0.2) is 53.0 Å². The van der Waals surface area contributed by atoms with Crippen molar-refractivity contribution in [2.24, 2.45) is 0 Å². The second kappa shape index (κ2) is 6.20. The van der Waals surface area contributed by atoms with Gasteiger partial charge in [-0.25, -0.2) is 9.18 Å². The van der Waals surface area contributed by atoms with Crippen LogP contribution < -0.4 is 9.64 Å². The van der Waals surface area contributed by atoms with Crippen molar-refractivity contribution in [3.05, 3.63) is 58.6 Å².